The summed E-state index contributed by atoms with van der Waals surface area (Å²) < 4.78 is 5.25. The molecule has 9 heteroatoms. The Hall–Kier alpha value is -2.55. The molecular formula is C18H13ClN2O4S2. The summed E-state index contributed by atoms with van der Waals surface area (Å²) in [7, 11) is 1.40. The van der Waals surface area contributed by atoms with Crippen molar-refractivity contribution in [1.29, 1.82) is 0 Å². The Bertz CT molecular complexity index is 963. The maximum absolute atomic E-state index is 12.6. The molecule has 3 rings (SSSR count). The van der Waals surface area contributed by atoms with Crippen molar-refractivity contribution < 1.29 is 19.4 Å². The van der Waals surface area contributed by atoms with E-state index in [2.05, 4.69) is 5.43 Å². The van der Waals surface area contributed by atoms with E-state index >= 15 is 0 Å². The number of hydrogen-bond donors (Lipinski definition) is 2. The summed E-state index contributed by atoms with van der Waals surface area (Å²) in [5, 5.41) is 10.9. The van der Waals surface area contributed by atoms with Crippen molar-refractivity contribution in [3.63, 3.8) is 0 Å². The monoisotopic (exact) mass is 420 g/mol. The number of nitrogens with zero attached hydrogens (tertiary/aromatic N) is 1. The van der Waals surface area contributed by atoms with Gasteiger partial charge in [0.2, 0.25) is 0 Å². The van der Waals surface area contributed by atoms with Crippen LogP contribution in [0.4, 0.5) is 0 Å². The molecule has 6 nitrogen and oxygen atoms in total. The standard InChI is InChI=1S/C18H13ClN2O4S2/c1-25-13-8-10(7-12(19)15(13)22)9-14-17(24)21(18(26)27-14)20-16(23)11-5-3-2-4-6-11/h2-9,22H,1H3,(H,20,23)/b14-9-. The number of carbonyl (C=O) groups excluding carboxylic acids is 2. The van der Waals surface area contributed by atoms with E-state index in [1.54, 1.807) is 36.4 Å². The molecule has 0 aromatic heterocycles. The Morgan fingerprint density at radius 2 is 2.04 bits per heavy atom. The van der Waals surface area contributed by atoms with E-state index in [-0.39, 0.29) is 20.8 Å². The van der Waals surface area contributed by atoms with Gasteiger partial charge in [0, 0.05) is 5.56 Å². The first-order valence-corrected chi connectivity index (χ1v) is 9.21. The maximum Gasteiger partial charge on any atom is 0.285 e. The minimum atomic E-state index is -0.461. The van der Waals surface area contributed by atoms with Crippen molar-refractivity contribution in [3.05, 3.63) is 63.5 Å². The summed E-state index contributed by atoms with van der Waals surface area (Å²) in [6.07, 6.45) is 1.56. The molecule has 2 aromatic carbocycles. The number of thioether (sulfide) groups is 1. The molecule has 0 spiro atoms. The van der Waals surface area contributed by atoms with E-state index in [1.165, 1.54) is 19.2 Å². The van der Waals surface area contributed by atoms with Crippen LogP contribution >= 0.6 is 35.6 Å². The van der Waals surface area contributed by atoms with Crippen molar-refractivity contribution in [1.82, 2.24) is 10.4 Å². The van der Waals surface area contributed by atoms with Gasteiger partial charge in [0.05, 0.1) is 17.0 Å². The number of phenolic OH excluding ortho intramolecular Hbond substituents is 1. The molecule has 0 unspecified atom stereocenters. The lowest BCUT2D eigenvalue weighted by Crippen LogP contribution is -2.44. The normalized spacial score (nSPS) is 15.3. The smallest absolute Gasteiger partial charge is 0.285 e. The minimum Gasteiger partial charge on any atom is -0.503 e. The SMILES string of the molecule is COc1cc(/C=C2\SC(=S)N(NC(=O)c3ccccc3)C2=O)cc(Cl)c1O. The number of methoxy groups -OCH3 is 1. The number of carbonyl (C=O) groups is 2. The van der Waals surface area contributed by atoms with Crippen LogP contribution in [-0.2, 0) is 4.79 Å². The fourth-order valence-electron chi connectivity index (χ4n) is 2.30. The lowest BCUT2D eigenvalue weighted by molar-refractivity contribution is -0.123. The molecule has 0 bridgehead atoms. The fourth-order valence-corrected chi connectivity index (χ4v) is 3.70. The third-order valence-corrected chi connectivity index (χ3v) is 5.20. The number of rotatable bonds is 4. The predicted octanol–water partition coefficient (Wildman–Crippen LogP) is 3.60. The van der Waals surface area contributed by atoms with E-state index < -0.39 is 11.8 Å². The molecular weight excluding hydrogens is 408 g/mol. The van der Waals surface area contributed by atoms with Gasteiger partial charge in [-0.3, -0.25) is 15.0 Å². The zero-order chi connectivity index (χ0) is 19.6. The van der Waals surface area contributed by atoms with Crippen LogP contribution in [0.25, 0.3) is 6.08 Å². The summed E-state index contributed by atoms with van der Waals surface area (Å²) in [5.74, 6) is -0.902. The molecule has 0 atom stereocenters. The molecule has 2 N–H and O–H groups in total. The second-order valence-corrected chi connectivity index (χ2v) is 7.46. The highest BCUT2D eigenvalue weighted by Crippen LogP contribution is 2.37. The summed E-state index contributed by atoms with van der Waals surface area (Å²) in [6.45, 7) is 0. The molecule has 1 aliphatic heterocycles. The van der Waals surface area contributed by atoms with Gasteiger partial charge < -0.3 is 9.84 Å². The average Bonchev–Trinajstić information content (AvgIpc) is 2.92. The van der Waals surface area contributed by atoms with Gasteiger partial charge in [-0.05, 0) is 48.1 Å². The van der Waals surface area contributed by atoms with Crippen LogP contribution in [0.3, 0.4) is 0 Å². The molecule has 1 saturated heterocycles. The highest BCUT2D eigenvalue weighted by molar-refractivity contribution is 8.26. The second kappa shape index (κ2) is 7.99. The Morgan fingerprint density at radius 3 is 2.70 bits per heavy atom. The molecule has 0 aliphatic carbocycles. The summed E-state index contributed by atoms with van der Waals surface area (Å²) >= 11 is 12.2. The minimum absolute atomic E-state index is 0.0912. The number of nitrogens with one attached hydrogen (secondary N) is 1. The lowest BCUT2D eigenvalue weighted by Gasteiger charge is -2.15. The van der Waals surface area contributed by atoms with Crippen LogP contribution in [-0.4, -0.2) is 33.4 Å². The second-order valence-electron chi connectivity index (χ2n) is 5.38. The molecule has 1 heterocycles. The van der Waals surface area contributed by atoms with Crippen LogP contribution in [0, 0.1) is 0 Å². The van der Waals surface area contributed by atoms with Gasteiger partial charge in [0.25, 0.3) is 11.8 Å². The number of amides is 2. The van der Waals surface area contributed by atoms with Gasteiger partial charge in [-0.15, -0.1) is 0 Å². The number of halogens is 1. The Balaban J connectivity index is 1.83. The molecule has 0 saturated carbocycles. The molecule has 27 heavy (non-hydrogen) atoms. The zero-order valence-corrected chi connectivity index (χ0v) is 16.3. The van der Waals surface area contributed by atoms with Gasteiger partial charge in [0.1, 0.15) is 0 Å². The molecule has 138 valence electrons. The summed E-state index contributed by atoms with van der Waals surface area (Å²) in [4.78, 5) is 25.2. The third kappa shape index (κ3) is 4.08. The molecule has 1 aliphatic rings. The van der Waals surface area contributed by atoms with Crippen molar-refractivity contribution in [2.45, 2.75) is 0 Å². The highest BCUT2D eigenvalue weighted by Gasteiger charge is 2.33. The van der Waals surface area contributed by atoms with Crippen LogP contribution < -0.4 is 10.2 Å². The Kier molecular flexibility index (Phi) is 5.69. The first-order valence-electron chi connectivity index (χ1n) is 7.61. The van der Waals surface area contributed by atoms with Crippen LogP contribution in [0.2, 0.25) is 5.02 Å². The molecule has 0 radical (unpaired) electrons. The summed E-state index contributed by atoms with van der Waals surface area (Å²) in [6, 6.07) is 11.5. The first-order chi connectivity index (χ1) is 12.9. The number of hydrazine groups is 1. The van der Waals surface area contributed by atoms with Gasteiger partial charge in [-0.25, -0.2) is 0 Å². The molecule has 1 fully saturated rings. The maximum atomic E-state index is 12.6. The van der Waals surface area contributed by atoms with Crippen LogP contribution in [0.1, 0.15) is 15.9 Å². The van der Waals surface area contributed by atoms with E-state index in [9.17, 15) is 14.7 Å². The third-order valence-electron chi connectivity index (χ3n) is 3.61. The topological polar surface area (TPSA) is 78.9 Å². The largest absolute Gasteiger partial charge is 0.503 e. The van der Waals surface area contributed by atoms with E-state index in [1.807, 2.05) is 0 Å². The lowest BCUT2D eigenvalue weighted by atomic mass is 10.2. The Morgan fingerprint density at radius 1 is 1.33 bits per heavy atom. The Labute approximate surface area is 169 Å². The van der Waals surface area contributed by atoms with E-state index in [0.29, 0.717) is 16.0 Å². The van der Waals surface area contributed by atoms with Crippen LogP contribution in [0.15, 0.2) is 47.4 Å². The van der Waals surface area contributed by atoms with Gasteiger partial charge in [-0.1, -0.05) is 41.6 Å². The van der Waals surface area contributed by atoms with E-state index in [0.717, 1.165) is 16.8 Å². The van der Waals surface area contributed by atoms with Crippen molar-refractivity contribution in [3.8, 4) is 11.5 Å². The number of aromatic hydroxyl groups is 1. The van der Waals surface area contributed by atoms with E-state index in [4.69, 9.17) is 28.6 Å². The van der Waals surface area contributed by atoms with Gasteiger partial charge >= 0.3 is 0 Å². The predicted molar refractivity (Wildman–Crippen MR) is 109 cm³/mol. The number of thiocarbonyl (C=S) groups is 1. The van der Waals surface area contributed by atoms with Crippen molar-refractivity contribution >= 4 is 57.8 Å². The number of benzene rings is 2. The van der Waals surface area contributed by atoms with Gasteiger partial charge in [-0.2, -0.15) is 5.01 Å². The fraction of sp³-hybridized carbons (Fsp3) is 0.0556. The number of hydrogen-bond acceptors (Lipinski definition) is 6. The first kappa shape index (κ1) is 19.2. The van der Waals surface area contributed by atoms with Crippen molar-refractivity contribution in [2.24, 2.45) is 0 Å². The summed E-state index contributed by atoms with van der Waals surface area (Å²) in [5.41, 5.74) is 3.46. The molecule has 2 amide bonds. The zero-order valence-electron chi connectivity index (χ0n) is 13.9. The number of phenols is 1. The highest BCUT2D eigenvalue weighted by atomic mass is 35.5. The van der Waals surface area contributed by atoms with Crippen molar-refractivity contribution in [2.75, 3.05) is 7.11 Å². The number of ether oxygens (including phenoxy) is 1. The van der Waals surface area contributed by atoms with Crippen LogP contribution in [0.5, 0.6) is 11.5 Å². The average molecular weight is 421 g/mol. The quantitative estimate of drug-likeness (QED) is 0.581. The molecule has 2 aromatic rings. The van der Waals surface area contributed by atoms with Gasteiger partial charge in [0.15, 0.2) is 15.8 Å².